The van der Waals surface area contributed by atoms with E-state index in [2.05, 4.69) is 32.2 Å². The Kier molecular flexibility index (Phi) is 5.95. The highest BCUT2D eigenvalue weighted by molar-refractivity contribution is 5.83. The third-order valence-corrected chi connectivity index (χ3v) is 7.81. The van der Waals surface area contributed by atoms with E-state index >= 15 is 0 Å². The van der Waals surface area contributed by atoms with Crippen molar-refractivity contribution < 1.29 is 9.53 Å². The van der Waals surface area contributed by atoms with E-state index in [1.54, 1.807) is 0 Å². The minimum absolute atomic E-state index is 0.198. The van der Waals surface area contributed by atoms with Crippen molar-refractivity contribution in [3.05, 3.63) is 30.2 Å². The predicted molar refractivity (Wildman–Crippen MR) is 118 cm³/mol. The number of morpholine rings is 1. The third kappa shape index (κ3) is 3.97. The van der Waals surface area contributed by atoms with Crippen LogP contribution < -0.4 is 5.32 Å². The second kappa shape index (κ2) is 8.84. The maximum atomic E-state index is 13.7. The van der Waals surface area contributed by atoms with Gasteiger partial charge in [0.1, 0.15) is 0 Å². The van der Waals surface area contributed by atoms with Gasteiger partial charge in [-0.1, -0.05) is 13.0 Å². The number of aromatic nitrogens is 3. The van der Waals surface area contributed by atoms with Gasteiger partial charge in [0.2, 0.25) is 5.91 Å². The summed E-state index contributed by atoms with van der Waals surface area (Å²) < 4.78 is 7.50. The number of likely N-dealkylation sites (tertiary alicyclic amines) is 1. The van der Waals surface area contributed by atoms with E-state index in [0.29, 0.717) is 18.5 Å². The van der Waals surface area contributed by atoms with Gasteiger partial charge in [0, 0.05) is 31.9 Å². The predicted octanol–water partition coefficient (Wildman–Crippen LogP) is 1.56. The average Bonchev–Trinajstić information content (AvgIpc) is 3.25. The molecule has 3 fully saturated rings. The van der Waals surface area contributed by atoms with Crippen molar-refractivity contribution in [2.75, 3.05) is 45.9 Å². The van der Waals surface area contributed by atoms with Gasteiger partial charge in [0.05, 0.1) is 25.2 Å². The van der Waals surface area contributed by atoms with Gasteiger partial charge >= 0.3 is 0 Å². The minimum Gasteiger partial charge on any atom is -0.379 e. The number of fused-ring (bicyclic) bond motifs is 2. The molecule has 2 saturated heterocycles. The molecule has 168 valence electrons. The fourth-order valence-electron chi connectivity index (χ4n) is 5.98. The van der Waals surface area contributed by atoms with E-state index in [0.717, 1.165) is 83.1 Å². The molecule has 3 aliphatic rings. The van der Waals surface area contributed by atoms with E-state index in [1.165, 1.54) is 0 Å². The van der Waals surface area contributed by atoms with E-state index in [4.69, 9.17) is 4.74 Å². The number of ether oxygens (including phenoxy) is 1. The normalized spacial score (nSPS) is 30.2. The van der Waals surface area contributed by atoms with E-state index in [-0.39, 0.29) is 11.3 Å². The van der Waals surface area contributed by atoms with Gasteiger partial charge < -0.3 is 15.0 Å². The van der Waals surface area contributed by atoms with Crippen LogP contribution >= 0.6 is 0 Å². The number of carbonyl (C=O) groups excluding carboxylic acids is 1. The lowest BCUT2D eigenvalue weighted by atomic mass is 9.61. The number of pyridine rings is 1. The smallest absolute Gasteiger partial charge is 0.228 e. The Hall–Kier alpha value is -2.03. The highest BCUT2D eigenvalue weighted by Crippen LogP contribution is 2.47. The van der Waals surface area contributed by atoms with Crippen LogP contribution in [0.1, 0.15) is 38.4 Å². The number of piperidine rings is 1. The fourth-order valence-corrected chi connectivity index (χ4v) is 5.98. The second-order valence-corrected chi connectivity index (χ2v) is 9.31. The molecule has 2 aromatic rings. The highest BCUT2D eigenvalue weighted by Gasteiger charge is 2.52. The van der Waals surface area contributed by atoms with Crippen LogP contribution in [0.15, 0.2) is 24.4 Å². The molecular weight excluding hydrogens is 392 g/mol. The van der Waals surface area contributed by atoms with Crippen LogP contribution in [-0.4, -0.2) is 82.3 Å². The summed E-state index contributed by atoms with van der Waals surface area (Å²) in [5.41, 5.74) is 0.515. The zero-order chi connectivity index (χ0) is 21.3. The Morgan fingerprint density at radius 3 is 2.94 bits per heavy atom. The lowest BCUT2D eigenvalue weighted by Gasteiger charge is -2.53. The van der Waals surface area contributed by atoms with Crippen LogP contribution in [0.2, 0.25) is 0 Å². The summed E-state index contributed by atoms with van der Waals surface area (Å²) in [4.78, 5) is 18.8. The van der Waals surface area contributed by atoms with Crippen molar-refractivity contribution >= 4 is 11.6 Å². The molecule has 0 aromatic carbocycles. The molecule has 2 aliphatic heterocycles. The molecule has 0 radical (unpaired) electrons. The van der Waals surface area contributed by atoms with Crippen molar-refractivity contribution in [1.82, 2.24) is 29.7 Å². The summed E-state index contributed by atoms with van der Waals surface area (Å²) in [5.74, 6) is 1.41. The summed E-state index contributed by atoms with van der Waals surface area (Å²) in [5, 5.41) is 11.8. The van der Waals surface area contributed by atoms with Crippen LogP contribution in [0.25, 0.3) is 5.65 Å². The average molecular weight is 427 g/mol. The first-order valence-corrected chi connectivity index (χ1v) is 11.8. The Morgan fingerprint density at radius 2 is 2.10 bits per heavy atom. The van der Waals surface area contributed by atoms with Crippen molar-refractivity contribution in [1.29, 1.82) is 0 Å². The molecule has 1 amide bonds. The molecule has 1 N–H and O–H groups in total. The van der Waals surface area contributed by atoms with Crippen LogP contribution in [0.4, 0.5) is 0 Å². The Balaban J connectivity index is 1.31. The molecule has 0 bridgehead atoms. The van der Waals surface area contributed by atoms with Crippen molar-refractivity contribution in [3.8, 4) is 0 Å². The van der Waals surface area contributed by atoms with Gasteiger partial charge in [-0.05, 0) is 56.8 Å². The Bertz CT molecular complexity index is 910. The minimum atomic E-state index is -0.294. The molecule has 4 heterocycles. The van der Waals surface area contributed by atoms with Gasteiger partial charge in [0.15, 0.2) is 11.5 Å². The van der Waals surface area contributed by atoms with Crippen molar-refractivity contribution in [3.63, 3.8) is 0 Å². The molecule has 8 nitrogen and oxygen atoms in total. The van der Waals surface area contributed by atoms with Gasteiger partial charge in [-0.25, -0.2) is 0 Å². The summed E-state index contributed by atoms with van der Waals surface area (Å²) in [6.07, 6.45) is 6.23. The van der Waals surface area contributed by atoms with E-state index in [1.807, 2.05) is 28.8 Å². The lowest BCUT2D eigenvalue weighted by molar-refractivity contribution is -0.145. The second-order valence-electron chi connectivity index (χ2n) is 9.31. The molecule has 0 spiro atoms. The van der Waals surface area contributed by atoms with Gasteiger partial charge in [0.25, 0.3) is 0 Å². The molecule has 3 atom stereocenters. The first-order chi connectivity index (χ1) is 15.2. The fraction of sp³-hybridized carbons (Fsp3) is 0.696. The quantitative estimate of drug-likeness (QED) is 0.782. The number of hydrogen-bond acceptors (Lipinski definition) is 6. The maximum Gasteiger partial charge on any atom is 0.228 e. The van der Waals surface area contributed by atoms with E-state index in [9.17, 15) is 4.79 Å². The number of hydrogen-bond donors (Lipinski definition) is 1. The largest absolute Gasteiger partial charge is 0.379 e. The zero-order valence-electron chi connectivity index (χ0n) is 18.5. The monoisotopic (exact) mass is 426 g/mol. The van der Waals surface area contributed by atoms with Crippen molar-refractivity contribution in [2.45, 2.75) is 45.2 Å². The maximum absolute atomic E-state index is 13.7. The summed E-state index contributed by atoms with van der Waals surface area (Å²) in [6, 6.07) is 6.43. The summed E-state index contributed by atoms with van der Waals surface area (Å²) >= 11 is 0. The number of amides is 1. The van der Waals surface area contributed by atoms with E-state index < -0.39 is 0 Å². The summed E-state index contributed by atoms with van der Waals surface area (Å²) in [7, 11) is 0. The van der Waals surface area contributed by atoms with Crippen LogP contribution in [0, 0.1) is 11.3 Å². The highest BCUT2D eigenvalue weighted by atomic mass is 16.5. The number of rotatable bonds is 5. The molecule has 31 heavy (non-hydrogen) atoms. The van der Waals surface area contributed by atoms with Gasteiger partial charge in [-0.15, -0.1) is 10.2 Å². The third-order valence-electron chi connectivity index (χ3n) is 7.81. The summed E-state index contributed by atoms with van der Waals surface area (Å²) in [6.45, 7) is 9.31. The standard InChI is InChI=1S/C23H34N6O2/c1-2-27-10-7-18-15-19(28-11-13-31-14-12-28)6-8-23(18,17-27)22(30)24-16-21-26-25-20-5-3-4-9-29(20)21/h3-5,9,18-19H,2,6-8,10-17H2,1H3,(H,24,30)/t18-,19+,23-/m1/s1. The van der Waals surface area contributed by atoms with Crippen LogP contribution in [0.5, 0.6) is 0 Å². The molecule has 1 saturated carbocycles. The molecule has 1 aliphatic carbocycles. The topological polar surface area (TPSA) is 75.0 Å². The van der Waals surface area contributed by atoms with Gasteiger partial charge in [-0.3, -0.25) is 14.1 Å². The van der Waals surface area contributed by atoms with Crippen molar-refractivity contribution in [2.24, 2.45) is 11.3 Å². The number of nitrogens with zero attached hydrogens (tertiary/aromatic N) is 5. The van der Waals surface area contributed by atoms with Crippen LogP contribution in [-0.2, 0) is 16.1 Å². The SMILES string of the molecule is CCN1CC[C@@H]2C[C@@H](N3CCOCC3)CC[C@@]2(C(=O)NCc2nnc3ccccn23)C1. The lowest BCUT2D eigenvalue weighted by Crippen LogP contribution is -2.60. The molecule has 5 rings (SSSR count). The Labute approximate surface area is 183 Å². The number of carbonyl (C=O) groups is 1. The Morgan fingerprint density at radius 1 is 1.23 bits per heavy atom. The van der Waals surface area contributed by atoms with Crippen LogP contribution in [0.3, 0.4) is 0 Å². The molecular formula is C23H34N6O2. The molecule has 2 aromatic heterocycles. The molecule has 0 unspecified atom stereocenters. The van der Waals surface area contributed by atoms with Gasteiger partial charge in [-0.2, -0.15) is 0 Å². The first kappa shape index (κ1) is 20.8. The number of nitrogens with one attached hydrogen (secondary N) is 1. The molecule has 8 heteroatoms. The first-order valence-electron chi connectivity index (χ1n) is 11.8. The zero-order valence-corrected chi connectivity index (χ0v) is 18.5.